The zero-order chi connectivity index (χ0) is 15.5. The number of cyclic esters (lactones) is 1. The second-order valence-electron chi connectivity index (χ2n) is 4.68. The highest BCUT2D eigenvalue weighted by Crippen LogP contribution is 2.22. The third-order valence-electron chi connectivity index (χ3n) is 3.24. The third-order valence-corrected chi connectivity index (χ3v) is 3.24. The van der Waals surface area contributed by atoms with Crippen molar-refractivity contribution in [3.63, 3.8) is 0 Å². The number of H-pyrrole nitrogens is 1. The maximum atomic E-state index is 12.1. The van der Waals surface area contributed by atoms with E-state index in [2.05, 4.69) is 10.3 Å². The van der Waals surface area contributed by atoms with Gasteiger partial charge in [0.15, 0.2) is 0 Å². The highest BCUT2D eigenvalue weighted by Gasteiger charge is 2.23. The molecule has 0 aliphatic carbocycles. The van der Waals surface area contributed by atoms with Gasteiger partial charge in [0, 0.05) is 17.6 Å². The van der Waals surface area contributed by atoms with Crippen LogP contribution in [0.2, 0.25) is 0 Å². The van der Waals surface area contributed by atoms with Crippen LogP contribution in [0.25, 0.3) is 0 Å². The molecule has 7 nitrogen and oxygen atoms in total. The lowest BCUT2D eigenvalue weighted by Crippen LogP contribution is -2.24. The Bertz CT molecular complexity index is 784. The van der Waals surface area contributed by atoms with E-state index >= 15 is 0 Å². The SMILES string of the molecule is O=C(Nc1cccc(N2CCOC2=O)c1)c1ccc[nH]c1=O. The minimum absolute atomic E-state index is 0.0217. The molecular weight excluding hydrogens is 286 g/mol. The summed E-state index contributed by atoms with van der Waals surface area (Å²) in [6, 6.07) is 9.81. The molecule has 2 N–H and O–H groups in total. The van der Waals surface area contributed by atoms with Crippen molar-refractivity contribution in [1.29, 1.82) is 0 Å². The summed E-state index contributed by atoms with van der Waals surface area (Å²) in [5.74, 6) is -0.511. The van der Waals surface area contributed by atoms with Gasteiger partial charge in [-0.15, -0.1) is 0 Å². The summed E-state index contributed by atoms with van der Waals surface area (Å²) in [5, 5.41) is 2.64. The van der Waals surface area contributed by atoms with Crippen LogP contribution in [0.1, 0.15) is 10.4 Å². The Balaban J connectivity index is 1.81. The molecule has 2 aromatic rings. The minimum atomic E-state index is -0.511. The van der Waals surface area contributed by atoms with Crippen molar-refractivity contribution in [2.24, 2.45) is 0 Å². The minimum Gasteiger partial charge on any atom is -0.447 e. The van der Waals surface area contributed by atoms with Crippen molar-refractivity contribution in [2.75, 3.05) is 23.4 Å². The molecule has 1 aromatic carbocycles. The summed E-state index contributed by atoms with van der Waals surface area (Å²) in [4.78, 5) is 39.1. The molecule has 7 heteroatoms. The van der Waals surface area contributed by atoms with Crippen LogP contribution in [-0.2, 0) is 4.74 Å². The second-order valence-corrected chi connectivity index (χ2v) is 4.68. The topological polar surface area (TPSA) is 91.5 Å². The van der Waals surface area contributed by atoms with Crippen LogP contribution in [-0.4, -0.2) is 30.1 Å². The summed E-state index contributed by atoms with van der Waals surface area (Å²) in [5.41, 5.74) is 0.681. The van der Waals surface area contributed by atoms with E-state index in [1.54, 1.807) is 30.3 Å². The molecule has 1 saturated heterocycles. The molecular formula is C15H13N3O4. The Morgan fingerprint density at radius 2 is 2.09 bits per heavy atom. The van der Waals surface area contributed by atoms with Gasteiger partial charge in [-0.05, 0) is 30.3 Å². The summed E-state index contributed by atoms with van der Waals surface area (Å²) in [6.07, 6.45) is 1.04. The van der Waals surface area contributed by atoms with Crippen molar-refractivity contribution >= 4 is 23.4 Å². The highest BCUT2D eigenvalue weighted by molar-refractivity contribution is 6.04. The summed E-state index contributed by atoms with van der Waals surface area (Å²) < 4.78 is 4.88. The molecule has 1 aromatic heterocycles. The molecule has 0 spiro atoms. The first-order chi connectivity index (χ1) is 10.6. The van der Waals surface area contributed by atoms with Crippen molar-refractivity contribution in [3.8, 4) is 0 Å². The van der Waals surface area contributed by atoms with Crippen LogP contribution >= 0.6 is 0 Å². The fourth-order valence-corrected chi connectivity index (χ4v) is 2.18. The Morgan fingerprint density at radius 1 is 1.23 bits per heavy atom. The van der Waals surface area contributed by atoms with Crippen LogP contribution in [0.15, 0.2) is 47.4 Å². The number of benzene rings is 1. The number of nitrogens with one attached hydrogen (secondary N) is 2. The largest absolute Gasteiger partial charge is 0.447 e. The predicted molar refractivity (Wildman–Crippen MR) is 80.2 cm³/mol. The number of pyridine rings is 1. The van der Waals surface area contributed by atoms with Crippen LogP contribution in [0.5, 0.6) is 0 Å². The van der Waals surface area contributed by atoms with Crippen molar-refractivity contribution < 1.29 is 14.3 Å². The van der Waals surface area contributed by atoms with E-state index in [0.717, 1.165) is 0 Å². The van der Waals surface area contributed by atoms with Crippen molar-refractivity contribution in [1.82, 2.24) is 4.98 Å². The van der Waals surface area contributed by atoms with E-state index < -0.39 is 17.6 Å². The molecule has 112 valence electrons. The monoisotopic (exact) mass is 299 g/mol. The van der Waals surface area contributed by atoms with E-state index in [-0.39, 0.29) is 5.56 Å². The first-order valence-electron chi connectivity index (χ1n) is 6.68. The highest BCUT2D eigenvalue weighted by atomic mass is 16.6. The maximum Gasteiger partial charge on any atom is 0.414 e. The van der Waals surface area contributed by atoms with Gasteiger partial charge in [0.05, 0.1) is 6.54 Å². The van der Waals surface area contributed by atoms with E-state index in [9.17, 15) is 14.4 Å². The maximum absolute atomic E-state index is 12.1. The normalized spacial score (nSPS) is 13.8. The zero-order valence-corrected chi connectivity index (χ0v) is 11.5. The fraction of sp³-hybridized carbons (Fsp3) is 0.133. The second kappa shape index (κ2) is 5.72. The molecule has 1 aliphatic rings. The van der Waals surface area contributed by atoms with Crippen molar-refractivity contribution in [2.45, 2.75) is 0 Å². The van der Waals surface area contributed by atoms with Gasteiger partial charge in [-0.3, -0.25) is 14.5 Å². The fourth-order valence-electron chi connectivity index (χ4n) is 2.18. The Morgan fingerprint density at radius 3 is 2.82 bits per heavy atom. The molecule has 22 heavy (non-hydrogen) atoms. The standard InChI is InChI=1S/C15H13N3O4/c19-13-12(5-2-6-16-13)14(20)17-10-3-1-4-11(9-10)18-7-8-22-15(18)21/h1-6,9H,7-8H2,(H,16,19)(H,17,20). The lowest BCUT2D eigenvalue weighted by molar-refractivity contribution is 0.102. The van der Waals surface area contributed by atoms with Gasteiger partial charge in [0.1, 0.15) is 12.2 Å². The number of hydrogen-bond donors (Lipinski definition) is 2. The number of carbonyl (C=O) groups excluding carboxylic acids is 2. The van der Waals surface area contributed by atoms with Gasteiger partial charge < -0.3 is 15.0 Å². The Kier molecular flexibility index (Phi) is 3.61. The summed E-state index contributed by atoms with van der Waals surface area (Å²) in [6.45, 7) is 0.809. The van der Waals surface area contributed by atoms with Gasteiger partial charge in [-0.25, -0.2) is 4.79 Å². The number of aromatic amines is 1. The molecule has 0 unspecified atom stereocenters. The number of anilines is 2. The third kappa shape index (κ3) is 2.69. The predicted octanol–water partition coefficient (Wildman–Crippen LogP) is 1.58. The van der Waals surface area contributed by atoms with Gasteiger partial charge in [-0.2, -0.15) is 0 Å². The smallest absolute Gasteiger partial charge is 0.414 e. The van der Waals surface area contributed by atoms with E-state index in [0.29, 0.717) is 24.5 Å². The van der Waals surface area contributed by atoms with Gasteiger partial charge in [0.2, 0.25) is 0 Å². The van der Waals surface area contributed by atoms with Crippen LogP contribution in [0.4, 0.5) is 16.2 Å². The number of aromatic nitrogens is 1. The van der Waals surface area contributed by atoms with E-state index in [1.807, 2.05) is 0 Å². The van der Waals surface area contributed by atoms with Crippen molar-refractivity contribution in [3.05, 3.63) is 58.5 Å². The number of amides is 2. The molecule has 2 amide bonds. The zero-order valence-electron chi connectivity index (χ0n) is 11.5. The molecule has 0 radical (unpaired) electrons. The van der Waals surface area contributed by atoms with Crippen LogP contribution in [0, 0.1) is 0 Å². The molecule has 0 saturated carbocycles. The first kappa shape index (κ1) is 13.9. The van der Waals surface area contributed by atoms with E-state index in [4.69, 9.17) is 4.74 Å². The number of carbonyl (C=O) groups is 2. The molecule has 0 bridgehead atoms. The number of ether oxygens (including phenoxy) is 1. The molecule has 1 aliphatic heterocycles. The first-order valence-corrected chi connectivity index (χ1v) is 6.68. The number of rotatable bonds is 3. The van der Waals surface area contributed by atoms with Crippen LogP contribution < -0.4 is 15.8 Å². The Hall–Kier alpha value is -3.09. The summed E-state index contributed by atoms with van der Waals surface area (Å²) in [7, 11) is 0. The lowest BCUT2D eigenvalue weighted by Gasteiger charge is -2.14. The van der Waals surface area contributed by atoms with Gasteiger partial charge in [-0.1, -0.05) is 6.07 Å². The number of hydrogen-bond acceptors (Lipinski definition) is 4. The lowest BCUT2D eigenvalue weighted by atomic mass is 10.2. The average molecular weight is 299 g/mol. The van der Waals surface area contributed by atoms with E-state index in [1.165, 1.54) is 17.2 Å². The quantitative estimate of drug-likeness (QED) is 0.900. The molecule has 1 fully saturated rings. The number of nitrogens with zero attached hydrogens (tertiary/aromatic N) is 1. The van der Waals surface area contributed by atoms with Crippen LogP contribution in [0.3, 0.4) is 0 Å². The average Bonchev–Trinajstić information content (AvgIpc) is 2.94. The van der Waals surface area contributed by atoms with Gasteiger partial charge in [0.25, 0.3) is 11.5 Å². The summed E-state index contributed by atoms with van der Waals surface area (Å²) >= 11 is 0. The van der Waals surface area contributed by atoms with Gasteiger partial charge >= 0.3 is 6.09 Å². The molecule has 2 heterocycles. The molecule has 3 rings (SSSR count). The molecule has 0 atom stereocenters. The Labute approximate surface area is 125 Å².